The summed E-state index contributed by atoms with van der Waals surface area (Å²) in [6.45, 7) is 2.28. The van der Waals surface area contributed by atoms with Crippen molar-refractivity contribution < 1.29 is 9.53 Å². The summed E-state index contributed by atoms with van der Waals surface area (Å²) < 4.78 is 5.68. The minimum absolute atomic E-state index is 0.160. The average Bonchev–Trinajstić information content (AvgIpc) is 2.78. The van der Waals surface area contributed by atoms with E-state index < -0.39 is 16.2 Å². The van der Waals surface area contributed by atoms with Crippen molar-refractivity contribution in [2.24, 2.45) is 0 Å². The highest BCUT2D eigenvalue weighted by Gasteiger charge is 2.19. The maximum Gasteiger partial charge on any atom is 0.410 e. The number of hydrogen-bond donors (Lipinski definition) is 0. The number of fused-ring (bicyclic) bond motifs is 1. The number of rotatable bonds is 3. The van der Waals surface area contributed by atoms with E-state index in [9.17, 15) is 9.59 Å². The molecule has 0 radical (unpaired) electrons. The largest absolute Gasteiger partial charge is 0.488 e. The molecule has 0 saturated heterocycles. The molecule has 22 heavy (non-hydrogen) atoms. The molecule has 3 aromatic rings. The lowest BCUT2D eigenvalue weighted by Crippen LogP contribution is -2.32. The first-order valence-corrected chi connectivity index (χ1v) is 6.74. The lowest BCUT2D eigenvalue weighted by atomic mass is 10.1. The smallest absolute Gasteiger partial charge is 0.410 e. The van der Waals surface area contributed by atoms with Gasteiger partial charge in [0.1, 0.15) is 12.4 Å². The maximum atomic E-state index is 12.1. The fraction of sp³-hybridized carbons (Fsp3) is 0.118. The summed E-state index contributed by atoms with van der Waals surface area (Å²) in [7, 11) is 0. The van der Waals surface area contributed by atoms with E-state index in [4.69, 9.17) is 10.3 Å². The monoisotopic (exact) mass is 292 g/mol. The lowest BCUT2D eigenvalue weighted by molar-refractivity contribution is -0.0674. The Balaban J connectivity index is 2.05. The second-order valence-corrected chi connectivity index (χ2v) is 5.06. The van der Waals surface area contributed by atoms with Gasteiger partial charge in [-0.2, -0.15) is 4.79 Å². The maximum absolute atomic E-state index is 12.1. The molecule has 0 heterocycles. The van der Waals surface area contributed by atoms with Gasteiger partial charge in [0.25, 0.3) is 10.9 Å². The van der Waals surface area contributed by atoms with Crippen molar-refractivity contribution in [3.8, 4) is 5.75 Å². The highest BCUT2D eigenvalue weighted by molar-refractivity contribution is 5.88. The van der Waals surface area contributed by atoms with Crippen LogP contribution in [0.4, 0.5) is 0 Å². The highest BCUT2D eigenvalue weighted by atomic mass is 16.5. The Labute approximate surface area is 125 Å². The number of benzene rings is 2. The molecular formula is C17H12N2O3. The summed E-state index contributed by atoms with van der Waals surface area (Å²) in [6, 6.07) is 12.6. The number of ether oxygens (including phenoxy) is 1. The third-order valence-corrected chi connectivity index (χ3v) is 3.54. The van der Waals surface area contributed by atoms with Gasteiger partial charge in [0.15, 0.2) is 0 Å². The molecule has 0 amide bonds. The van der Waals surface area contributed by atoms with Crippen molar-refractivity contribution in [2.45, 2.75) is 13.5 Å². The van der Waals surface area contributed by atoms with Gasteiger partial charge in [-0.3, -0.25) is 9.59 Å². The zero-order valence-corrected chi connectivity index (χ0v) is 11.9. The topological polar surface area (TPSA) is 79.8 Å². The van der Waals surface area contributed by atoms with Gasteiger partial charge in [-0.15, -0.1) is 0 Å². The molecule has 0 aliphatic rings. The summed E-state index contributed by atoms with van der Waals surface area (Å²) in [6.07, 6.45) is 0. The van der Waals surface area contributed by atoms with Gasteiger partial charge >= 0.3 is 5.36 Å². The van der Waals surface area contributed by atoms with Crippen LogP contribution in [0.25, 0.3) is 16.3 Å². The second-order valence-electron chi connectivity index (χ2n) is 5.06. The van der Waals surface area contributed by atoms with E-state index in [-0.39, 0.29) is 17.4 Å². The van der Waals surface area contributed by atoms with E-state index in [1.165, 1.54) is 6.07 Å². The molecular weight excluding hydrogens is 280 g/mol. The van der Waals surface area contributed by atoms with Crippen LogP contribution < -0.4 is 21.0 Å². The summed E-state index contributed by atoms with van der Waals surface area (Å²) >= 11 is 0. The zero-order valence-electron chi connectivity index (χ0n) is 11.9. The minimum Gasteiger partial charge on any atom is -0.488 e. The summed E-state index contributed by atoms with van der Waals surface area (Å²) in [5.74, 6) is 0.315. The van der Waals surface area contributed by atoms with E-state index in [0.717, 1.165) is 11.1 Å². The molecule has 0 saturated carbocycles. The van der Waals surface area contributed by atoms with E-state index >= 15 is 0 Å². The molecule has 0 fully saturated rings. The van der Waals surface area contributed by atoms with E-state index in [0.29, 0.717) is 5.75 Å². The molecule has 5 nitrogen and oxygen atoms in total. The quantitative estimate of drug-likeness (QED) is 0.541. The van der Waals surface area contributed by atoms with Crippen molar-refractivity contribution in [1.82, 2.24) is 0 Å². The van der Waals surface area contributed by atoms with Crippen LogP contribution in [-0.4, -0.2) is 4.79 Å². The standard InChI is InChI=1S/C17H12N2O3/c1-10-5-7-11(8-6-10)9-22-13-4-2-3-12-14(13)17(21)15(19-18)16(12)20/h2-8H,9H2,1H3. The van der Waals surface area contributed by atoms with Crippen molar-refractivity contribution in [3.05, 3.63) is 84.9 Å². The van der Waals surface area contributed by atoms with Crippen molar-refractivity contribution in [3.63, 3.8) is 0 Å². The van der Waals surface area contributed by atoms with Gasteiger partial charge in [-0.25, -0.2) is 0 Å². The summed E-state index contributed by atoms with van der Waals surface area (Å²) in [4.78, 5) is 26.9. The Morgan fingerprint density at radius 1 is 1.05 bits per heavy atom. The van der Waals surface area contributed by atoms with Crippen LogP contribution in [0.2, 0.25) is 0 Å². The van der Waals surface area contributed by atoms with Crippen LogP contribution in [0, 0.1) is 6.92 Å². The normalized spacial score (nSPS) is 10.6. The first-order valence-electron chi connectivity index (χ1n) is 6.74. The average molecular weight is 292 g/mol. The van der Waals surface area contributed by atoms with Crippen molar-refractivity contribution >= 4 is 10.8 Å². The third-order valence-electron chi connectivity index (χ3n) is 3.54. The summed E-state index contributed by atoms with van der Waals surface area (Å²) in [5, 5.41) is -0.104. The summed E-state index contributed by atoms with van der Waals surface area (Å²) in [5.41, 5.74) is 9.72. The molecule has 0 bridgehead atoms. The number of aryl methyl sites for hydroxylation is 1. The van der Waals surface area contributed by atoms with Crippen LogP contribution in [0.1, 0.15) is 11.1 Å². The lowest BCUT2D eigenvalue weighted by Gasteiger charge is -2.07. The predicted molar refractivity (Wildman–Crippen MR) is 81.1 cm³/mol. The molecule has 0 unspecified atom stereocenters. The van der Waals surface area contributed by atoms with Gasteiger partial charge in [0.05, 0.1) is 5.39 Å². The van der Waals surface area contributed by atoms with Gasteiger partial charge < -0.3 is 10.3 Å². The van der Waals surface area contributed by atoms with Crippen LogP contribution >= 0.6 is 0 Å². The van der Waals surface area contributed by atoms with E-state index in [1.807, 2.05) is 31.2 Å². The van der Waals surface area contributed by atoms with Gasteiger partial charge in [0, 0.05) is 5.39 Å². The Kier molecular flexibility index (Phi) is 3.41. The Morgan fingerprint density at radius 3 is 2.45 bits per heavy atom. The minimum atomic E-state index is -0.609. The molecule has 5 heteroatoms. The molecule has 0 aromatic heterocycles. The fourth-order valence-electron chi connectivity index (χ4n) is 2.36. The van der Waals surface area contributed by atoms with Crippen LogP contribution in [0.3, 0.4) is 0 Å². The third kappa shape index (κ3) is 2.24. The molecule has 0 spiro atoms. The van der Waals surface area contributed by atoms with Crippen LogP contribution in [0.15, 0.2) is 52.1 Å². The zero-order chi connectivity index (χ0) is 15.7. The molecule has 3 aromatic carbocycles. The molecule has 0 atom stereocenters. The first kappa shape index (κ1) is 13.9. The van der Waals surface area contributed by atoms with Crippen molar-refractivity contribution in [2.75, 3.05) is 0 Å². The van der Waals surface area contributed by atoms with Crippen molar-refractivity contribution in [1.29, 1.82) is 0 Å². The molecule has 3 rings (SSSR count). The van der Waals surface area contributed by atoms with Gasteiger partial charge in [-0.05, 0) is 24.6 Å². The van der Waals surface area contributed by atoms with Gasteiger partial charge in [-0.1, -0.05) is 35.9 Å². The van der Waals surface area contributed by atoms with Crippen LogP contribution in [-0.2, 0) is 6.61 Å². The van der Waals surface area contributed by atoms with Crippen LogP contribution in [0.5, 0.6) is 5.75 Å². The SMILES string of the molecule is Cc1ccc(COc2cccc3c(=O)c(=[N+]=[N-])c(=O)c23)cc1. The van der Waals surface area contributed by atoms with E-state index in [2.05, 4.69) is 4.79 Å². The fourth-order valence-corrected chi connectivity index (χ4v) is 2.36. The Morgan fingerprint density at radius 2 is 1.77 bits per heavy atom. The van der Waals surface area contributed by atoms with E-state index in [1.54, 1.807) is 12.1 Å². The molecule has 0 aliphatic carbocycles. The predicted octanol–water partition coefficient (Wildman–Crippen LogP) is 1.45. The molecule has 108 valence electrons. The second kappa shape index (κ2) is 5.39. The highest BCUT2D eigenvalue weighted by Crippen LogP contribution is 2.21. The van der Waals surface area contributed by atoms with Gasteiger partial charge in [0.2, 0.25) is 0 Å². The number of nitrogens with zero attached hydrogens (tertiary/aromatic N) is 2. The molecule has 0 aliphatic heterocycles. The molecule has 0 N–H and O–H groups in total. The number of hydrogen-bond acceptors (Lipinski definition) is 3. The Bertz CT molecular complexity index is 1020. The Hall–Kier alpha value is -3.04. The first-order chi connectivity index (χ1) is 10.6.